The van der Waals surface area contributed by atoms with Gasteiger partial charge in [0.15, 0.2) is 5.69 Å². The first-order valence-corrected chi connectivity index (χ1v) is 5.91. The van der Waals surface area contributed by atoms with Crippen molar-refractivity contribution < 1.29 is 9.90 Å². The van der Waals surface area contributed by atoms with Gasteiger partial charge in [0, 0.05) is 6.54 Å². The molecule has 1 unspecified atom stereocenters. The lowest BCUT2D eigenvalue weighted by atomic mass is 10.1. The minimum absolute atomic E-state index is 0.133. The summed E-state index contributed by atoms with van der Waals surface area (Å²) in [6, 6.07) is 2.19. The number of rotatable bonds is 3. The minimum atomic E-state index is -0.991. The fourth-order valence-electron chi connectivity index (χ4n) is 2.34. The Bertz CT molecular complexity index is 485. The number of carboxylic acids is 1. The lowest BCUT2D eigenvalue weighted by Gasteiger charge is -2.18. The second-order valence-corrected chi connectivity index (χ2v) is 4.27. The maximum Gasteiger partial charge on any atom is 0.356 e. The number of aromatic nitrogens is 2. The van der Waals surface area contributed by atoms with Crippen molar-refractivity contribution in [2.24, 2.45) is 0 Å². The number of fused-ring (bicyclic) bond motifs is 1. The van der Waals surface area contributed by atoms with Crippen molar-refractivity contribution in [2.75, 3.05) is 0 Å². The first kappa shape index (κ1) is 11.6. The van der Waals surface area contributed by atoms with Crippen LogP contribution in [0.3, 0.4) is 0 Å². The molecule has 1 aliphatic heterocycles. The standard InChI is InChI=1S/C12H15N3O2/c1-2-8(7-13)11-14-10(12(16)17)9-5-3-4-6-15(9)11/h8H,2-6H2,1H3,(H,16,17). The van der Waals surface area contributed by atoms with E-state index < -0.39 is 5.97 Å². The molecule has 17 heavy (non-hydrogen) atoms. The highest BCUT2D eigenvalue weighted by Gasteiger charge is 2.27. The van der Waals surface area contributed by atoms with Gasteiger partial charge in [0.05, 0.1) is 11.8 Å². The first-order valence-electron chi connectivity index (χ1n) is 5.91. The first-order chi connectivity index (χ1) is 8.19. The Morgan fingerprint density at radius 1 is 1.65 bits per heavy atom. The maximum absolute atomic E-state index is 11.1. The van der Waals surface area contributed by atoms with Crippen LogP contribution in [0.15, 0.2) is 0 Å². The number of hydrogen-bond donors (Lipinski definition) is 1. The molecule has 0 saturated carbocycles. The van der Waals surface area contributed by atoms with E-state index in [0.717, 1.165) is 31.5 Å². The van der Waals surface area contributed by atoms with Crippen molar-refractivity contribution >= 4 is 5.97 Å². The van der Waals surface area contributed by atoms with Crippen molar-refractivity contribution in [2.45, 2.75) is 45.1 Å². The van der Waals surface area contributed by atoms with E-state index in [0.29, 0.717) is 12.2 Å². The van der Waals surface area contributed by atoms with Gasteiger partial charge in [-0.2, -0.15) is 5.26 Å². The average molecular weight is 233 g/mol. The highest BCUT2D eigenvalue weighted by Crippen LogP contribution is 2.26. The van der Waals surface area contributed by atoms with Crippen LogP contribution in [-0.2, 0) is 13.0 Å². The molecule has 1 aromatic heterocycles. The molecule has 5 nitrogen and oxygen atoms in total. The molecule has 1 aromatic rings. The van der Waals surface area contributed by atoms with Gasteiger partial charge in [-0.05, 0) is 25.7 Å². The summed E-state index contributed by atoms with van der Waals surface area (Å²) in [7, 11) is 0. The number of hydrogen-bond acceptors (Lipinski definition) is 3. The second-order valence-electron chi connectivity index (χ2n) is 4.27. The molecule has 0 aliphatic carbocycles. The van der Waals surface area contributed by atoms with E-state index >= 15 is 0 Å². The third kappa shape index (κ3) is 1.91. The molecule has 90 valence electrons. The molecule has 0 fully saturated rings. The predicted molar refractivity (Wildman–Crippen MR) is 60.8 cm³/mol. The molecule has 1 N–H and O–H groups in total. The predicted octanol–water partition coefficient (Wildman–Crippen LogP) is 1.93. The van der Waals surface area contributed by atoms with Crippen molar-refractivity contribution in [1.29, 1.82) is 5.26 Å². The monoisotopic (exact) mass is 233 g/mol. The topological polar surface area (TPSA) is 78.9 Å². The number of nitriles is 1. The van der Waals surface area contributed by atoms with Crippen molar-refractivity contribution in [3.05, 3.63) is 17.2 Å². The summed E-state index contributed by atoms with van der Waals surface area (Å²) in [6.07, 6.45) is 3.43. The van der Waals surface area contributed by atoms with Gasteiger partial charge >= 0.3 is 5.97 Å². The zero-order valence-electron chi connectivity index (χ0n) is 9.81. The highest BCUT2D eigenvalue weighted by atomic mass is 16.4. The molecule has 5 heteroatoms. The van der Waals surface area contributed by atoms with E-state index in [1.807, 2.05) is 11.5 Å². The summed E-state index contributed by atoms with van der Waals surface area (Å²) in [6.45, 7) is 2.70. The third-order valence-electron chi connectivity index (χ3n) is 3.23. The zero-order valence-corrected chi connectivity index (χ0v) is 9.81. The van der Waals surface area contributed by atoms with E-state index in [9.17, 15) is 4.79 Å². The number of imidazole rings is 1. The highest BCUT2D eigenvalue weighted by molar-refractivity contribution is 5.87. The Morgan fingerprint density at radius 3 is 3.00 bits per heavy atom. The molecule has 0 amide bonds. The lowest BCUT2D eigenvalue weighted by molar-refractivity contribution is 0.0689. The summed E-state index contributed by atoms with van der Waals surface area (Å²) in [5.41, 5.74) is 0.917. The van der Waals surface area contributed by atoms with E-state index in [-0.39, 0.29) is 11.6 Å². The summed E-state index contributed by atoms with van der Waals surface area (Å²) >= 11 is 0. The summed E-state index contributed by atoms with van der Waals surface area (Å²) in [5.74, 6) is -0.670. The van der Waals surface area contributed by atoms with Gasteiger partial charge in [-0.15, -0.1) is 0 Å². The lowest BCUT2D eigenvalue weighted by Crippen LogP contribution is -2.15. The molecule has 1 aliphatic rings. The Morgan fingerprint density at radius 2 is 2.41 bits per heavy atom. The van der Waals surface area contributed by atoms with Crippen LogP contribution < -0.4 is 0 Å². The number of nitrogens with zero attached hydrogens (tertiary/aromatic N) is 3. The van der Waals surface area contributed by atoms with Crippen LogP contribution in [0.5, 0.6) is 0 Å². The Hall–Kier alpha value is -1.83. The minimum Gasteiger partial charge on any atom is -0.476 e. The second kappa shape index (κ2) is 4.58. The van der Waals surface area contributed by atoms with E-state index in [2.05, 4.69) is 11.1 Å². The molecule has 0 aromatic carbocycles. The van der Waals surface area contributed by atoms with Gasteiger partial charge in [0.1, 0.15) is 11.7 Å². The van der Waals surface area contributed by atoms with E-state index in [1.54, 1.807) is 0 Å². The molecule has 0 saturated heterocycles. The summed E-state index contributed by atoms with van der Waals surface area (Å²) in [4.78, 5) is 15.3. The quantitative estimate of drug-likeness (QED) is 0.865. The molecule has 2 heterocycles. The molecule has 0 radical (unpaired) electrons. The summed E-state index contributed by atoms with van der Waals surface area (Å²) < 4.78 is 1.93. The van der Waals surface area contributed by atoms with Crippen molar-refractivity contribution in [3.63, 3.8) is 0 Å². The van der Waals surface area contributed by atoms with Crippen molar-refractivity contribution in [1.82, 2.24) is 9.55 Å². The van der Waals surface area contributed by atoms with Crippen LogP contribution in [0.2, 0.25) is 0 Å². The zero-order chi connectivity index (χ0) is 12.4. The Balaban J connectivity index is 2.53. The molecule has 0 bridgehead atoms. The molecule has 1 atom stereocenters. The van der Waals surface area contributed by atoms with Crippen LogP contribution in [0.25, 0.3) is 0 Å². The number of carbonyl (C=O) groups is 1. The molecule has 2 rings (SSSR count). The fraction of sp³-hybridized carbons (Fsp3) is 0.583. The van der Waals surface area contributed by atoms with Gasteiger partial charge in [-0.25, -0.2) is 9.78 Å². The molecular weight excluding hydrogens is 218 g/mol. The summed E-state index contributed by atoms with van der Waals surface area (Å²) in [5, 5.41) is 18.2. The fourth-order valence-corrected chi connectivity index (χ4v) is 2.34. The average Bonchev–Trinajstić information content (AvgIpc) is 2.71. The van der Waals surface area contributed by atoms with Gasteiger partial charge in [0.25, 0.3) is 0 Å². The number of aromatic carboxylic acids is 1. The van der Waals surface area contributed by atoms with Crippen LogP contribution >= 0.6 is 0 Å². The molecular formula is C12H15N3O2. The van der Waals surface area contributed by atoms with Crippen molar-refractivity contribution in [3.8, 4) is 6.07 Å². The van der Waals surface area contributed by atoms with Crippen LogP contribution in [0.4, 0.5) is 0 Å². The Kier molecular flexibility index (Phi) is 3.14. The third-order valence-corrected chi connectivity index (χ3v) is 3.23. The van der Waals surface area contributed by atoms with Gasteiger partial charge in [0.2, 0.25) is 0 Å². The number of carboxylic acid groups (broad SMARTS) is 1. The SMILES string of the molecule is CCC(C#N)c1nc(C(=O)O)c2n1CCCC2. The maximum atomic E-state index is 11.1. The largest absolute Gasteiger partial charge is 0.476 e. The normalized spacial score (nSPS) is 16.0. The molecule has 0 spiro atoms. The van der Waals surface area contributed by atoms with E-state index in [4.69, 9.17) is 10.4 Å². The van der Waals surface area contributed by atoms with E-state index in [1.165, 1.54) is 0 Å². The van der Waals surface area contributed by atoms with Crippen LogP contribution in [-0.4, -0.2) is 20.6 Å². The van der Waals surface area contributed by atoms with Gasteiger partial charge in [-0.1, -0.05) is 6.92 Å². The van der Waals surface area contributed by atoms with Gasteiger partial charge < -0.3 is 9.67 Å². The smallest absolute Gasteiger partial charge is 0.356 e. The van der Waals surface area contributed by atoms with Gasteiger partial charge in [-0.3, -0.25) is 0 Å². The van der Waals surface area contributed by atoms with Crippen LogP contribution in [0, 0.1) is 11.3 Å². The van der Waals surface area contributed by atoms with Crippen LogP contribution in [0.1, 0.15) is 54.1 Å². The Labute approximate surface area is 99.7 Å².